The van der Waals surface area contributed by atoms with Crippen molar-refractivity contribution in [3.05, 3.63) is 59.3 Å². The molecule has 3 aromatic rings. The summed E-state index contributed by atoms with van der Waals surface area (Å²) in [5, 5.41) is 12.6. The second-order valence-corrected chi connectivity index (χ2v) is 6.53. The highest BCUT2D eigenvalue weighted by Crippen LogP contribution is 2.35. The van der Waals surface area contributed by atoms with Gasteiger partial charge in [0.1, 0.15) is 12.4 Å². The first-order valence-electron chi connectivity index (χ1n) is 9.07. The number of rotatable bonds is 8. The second-order valence-electron chi connectivity index (χ2n) is 6.53. The van der Waals surface area contributed by atoms with Gasteiger partial charge in [0.05, 0.1) is 6.61 Å². The van der Waals surface area contributed by atoms with Crippen molar-refractivity contribution in [2.24, 2.45) is 5.73 Å². The zero-order valence-electron chi connectivity index (χ0n) is 16.0. The van der Waals surface area contributed by atoms with E-state index in [4.69, 9.17) is 20.3 Å². The lowest BCUT2D eigenvalue weighted by Gasteiger charge is -2.19. The molecule has 7 nitrogen and oxygen atoms in total. The Kier molecular flexibility index (Phi) is 6.18. The molecule has 0 saturated heterocycles. The lowest BCUT2D eigenvalue weighted by Crippen LogP contribution is -2.16. The molecule has 7 heteroatoms. The fourth-order valence-corrected chi connectivity index (χ4v) is 3.45. The molecule has 0 aliphatic heterocycles. The third kappa shape index (κ3) is 4.11. The standard InChI is InChI=1S/C21H25N3O4/c1-13-15(4-3-5-19(13)24-21(25)26)17(11-22)18-12-23-20-10-14(6-7-16(18)20)28-9-8-27-2/h3-7,10,12,17,23-24H,8-9,11,22H2,1-2H3,(H,25,26). The summed E-state index contributed by atoms with van der Waals surface area (Å²) in [7, 11) is 1.64. The Morgan fingerprint density at radius 1 is 1.25 bits per heavy atom. The Hall–Kier alpha value is -3.03. The van der Waals surface area contributed by atoms with Gasteiger partial charge in [-0.15, -0.1) is 0 Å². The van der Waals surface area contributed by atoms with Gasteiger partial charge in [-0.05, 0) is 41.8 Å². The van der Waals surface area contributed by atoms with Crippen LogP contribution in [0.4, 0.5) is 10.5 Å². The van der Waals surface area contributed by atoms with E-state index in [2.05, 4.69) is 10.3 Å². The Morgan fingerprint density at radius 2 is 2.07 bits per heavy atom. The Morgan fingerprint density at radius 3 is 2.79 bits per heavy atom. The van der Waals surface area contributed by atoms with Crippen LogP contribution in [0.5, 0.6) is 5.75 Å². The minimum absolute atomic E-state index is 0.0652. The zero-order valence-corrected chi connectivity index (χ0v) is 16.0. The average molecular weight is 383 g/mol. The number of ether oxygens (including phenoxy) is 2. The van der Waals surface area contributed by atoms with Crippen LogP contribution >= 0.6 is 0 Å². The number of H-pyrrole nitrogens is 1. The van der Waals surface area contributed by atoms with Crippen LogP contribution in [0.15, 0.2) is 42.6 Å². The average Bonchev–Trinajstić information content (AvgIpc) is 3.08. The number of amides is 1. The molecular weight excluding hydrogens is 358 g/mol. The van der Waals surface area contributed by atoms with E-state index in [-0.39, 0.29) is 5.92 Å². The smallest absolute Gasteiger partial charge is 0.409 e. The van der Waals surface area contributed by atoms with Gasteiger partial charge in [-0.2, -0.15) is 0 Å². The summed E-state index contributed by atoms with van der Waals surface area (Å²) < 4.78 is 10.7. The van der Waals surface area contributed by atoms with Crippen molar-refractivity contribution in [1.29, 1.82) is 0 Å². The quantitative estimate of drug-likeness (QED) is 0.444. The second kappa shape index (κ2) is 8.77. The molecule has 5 N–H and O–H groups in total. The van der Waals surface area contributed by atoms with Gasteiger partial charge in [0.15, 0.2) is 0 Å². The van der Waals surface area contributed by atoms with E-state index in [1.165, 1.54) is 0 Å². The molecule has 0 bridgehead atoms. The first-order chi connectivity index (χ1) is 13.5. The summed E-state index contributed by atoms with van der Waals surface area (Å²) in [6.45, 7) is 3.32. The summed E-state index contributed by atoms with van der Waals surface area (Å²) >= 11 is 0. The molecule has 1 heterocycles. The van der Waals surface area contributed by atoms with Gasteiger partial charge in [-0.1, -0.05) is 12.1 Å². The Balaban J connectivity index is 1.95. The maximum atomic E-state index is 11.0. The summed E-state index contributed by atoms with van der Waals surface area (Å²) in [6.07, 6.45) is 0.871. The summed E-state index contributed by atoms with van der Waals surface area (Å²) in [5.41, 5.74) is 10.6. The van der Waals surface area contributed by atoms with Gasteiger partial charge in [0, 0.05) is 48.4 Å². The van der Waals surface area contributed by atoms with Crippen LogP contribution in [0.2, 0.25) is 0 Å². The first-order valence-corrected chi connectivity index (χ1v) is 9.07. The van der Waals surface area contributed by atoms with Crippen molar-refractivity contribution in [3.8, 4) is 5.75 Å². The number of hydrogen-bond acceptors (Lipinski definition) is 4. The predicted octanol–water partition coefficient (Wildman–Crippen LogP) is 3.68. The summed E-state index contributed by atoms with van der Waals surface area (Å²) in [4.78, 5) is 14.3. The molecule has 0 radical (unpaired) electrons. The number of fused-ring (bicyclic) bond motifs is 1. The number of aromatic amines is 1. The molecule has 0 saturated carbocycles. The first kappa shape index (κ1) is 19.7. The maximum Gasteiger partial charge on any atom is 0.409 e. The molecule has 0 fully saturated rings. The van der Waals surface area contributed by atoms with E-state index in [0.717, 1.165) is 33.3 Å². The van der Waals surface area contributed by atoms with E-state index in [1.807, 2.05) is 43.5 Å². The Labute approximate surface area is 163 Å². The van der Waals surface area contributed by atoms with Crippen LogP contribution in [0.25, 0.3) is 10.9 Å². The molecule has 3 rings (SSSR count). The molecular formula is C21H25N3O4. The van der Waals surface area contributed by atoms with E-state index in [1.54, 1.807) is 13.2 Å². The molecule has 148 valence electrons. The minimum atomic E-state index is -1.09. The third-order valence-electron chi connectivity index (χ3n) is 4.85. The summed E-state index contributed by atoms with van der Waals surface area (Å²) in [5.74, 6) is 0.704. The third-order valence-corrected chi connectivity index (χ3v) is 4.85. The summed E-state index contributed by atoms with van der Waals surface area (Å²) in [6, 6.07) is 11.5. The maximum absolute atomic E-state index is 11.0. The monoisotopic (exact) mass is 383 g/mol. The lowest BCUT2D eigenvalue weighted by molar-refractivity contribution is 0.146. The van der Waals surface area contributed by atoms with Crippen molar-refractivity contribution in [1.82, 2.24) is 4.98 Å². The van der Waals surface area contributed by atoms with Gasteiger partial charge in [-0.3, -0.25) is 5.32 Å². The molecule has 0 aliphatic rings. The molecule has 28 heavy (non-hydrogen) atoms. The van der Waals surface area contributed by atoms with Crippen molar-refractivity contribution in [3.63, 3.8) is 0 Å². The number of nitrogens with two attached hydrogens (primary N) is 1. The topological polar surface area (TPSA) is 110 Å². The lowest BCUT2D eigenvalue weighted by atomic mass is 9.87. The number of aromatic nitrogens is 1. The van der Waals surface area contributed by atoms with Gasteiger partial charge in [0.2, 0.25) is 0 Å². The van der Waals surface area contributed by atoms with Gasteiger partial charge < -0.3 is 25.3 Å². The van der Waals surface area contributed by atoms with Crippen molar-refractivity contribution in [2.75, 3.05) is 32.2 Å². The molecule has 1 unspecified atom stereocenters. The van der Waals surface area contributed by atoms with E-state index in [9.17, 15) is 4.79 Å². The number of anilines is 1. The molecule has 2 aromatic carbocycles. The SMILES string of the molecule is COCCOc1ccc2c(C(CN)c3cccc(NC(=O)O)c3C)c[nH]c2c1. The molecule has 1 atom stereocenters. The van der Waals surface area contributed by atoms with Crippen molar-refractivity contribution >= 4 is 22.7 Å². The largest absolute Gasteiger partial charge is 0.491 e. The van der Waals surface area contributed by atoms with Crippen LogP contribution in [-0.4, -0.2) is 43.1 Å². The highest BCUT2D eigenvalue weighted by Gasteiger charge is 2.20. The van der Waals surface area contributed by atoms with E-state index < -0.39 is 6.09 Å². The van der Waals surface area contributed by atoms with E-state index >= 15 is 0 Å². The van der Waals surface area contributed by atoms with Crippen LogP contribution in [0.3, 0.4) is 0 Å². The molecule has 0 spiro atoms. The Bertz CT molecular complexity index is 967. The van der Waals surface area contributed by atoms with Crippen LogP contribution in [0, 0.1) is 6.92 Å². The van der Waals surface area contributed by atoms with E-state index in [0.29, 0.717) is 25.4 Å². The molecule has 0 aliphatic carbocycles. The van der Waals surface area contributed by atoms with Crippen LogP contribution in [-0.2, 0) is 4.74 Å². The number of benzene rings is 2. The normalized spacial score (nSPS) is 12.1. The minimum Gasteiger partial charge on any atom is -0.491 e. The highest BCUT2D eigenvalue weighted by molar-refractivity contribution is 5.87. The van der Waals surface area contributed by atoms with Crippen molar-refractivity contribution < 1.29 is 19.4 Å². The van der Waals surface area contributed by atoms with Gasteiger partial charge >= 0.3 is 6.09 Å². The van der Waals surface area contributed by atoms with Crippen molar-refractivity contribution in [2.45, 2.75) is 12.8 Å². The van der Waals surface area contributed by atoms with Crippen LogP contribution in [0.1, 0.15) is 22.6 Å². The predicted molar refractivity (Wildman–Crippen MR) is 109 cm³/mol. The fourth-order valence-electron chi connectivity index (χ4n) is 3.45. The van der Waals surface area contributed by atoms with Gasteiger partial charge in [0.25, 0.3) is 0 Å². The fraction of sp³-hybridized carbons (Fsp3) is 0.286. The van der Waals surface area contributed by atoms with Gasteiger partial charge in [-0.25, -0.2) is 4.79 Å². The number of carboxylic acid groups (broad SMARTS) is 1. The molecule has 1 amide bonds. The zero-order chi connectivity index (χ0) is 20.1. The molecule has 1 aromatic heterocycles. The number of carbonyl (C=O) groups is 1. The highest BCUT2D eigenvalue weighted by atomic mass is 16.5. The number of nitrogens with one attached hydrogen (secondary N) is 2. The number of methoxy groups -OCH3 is 1. The van der Waals surface area contributed by atoms with Crippen LogP contribution < -0.4 is 15.8 Å². The number of hydrogen-bond donors (Lipinski definition) is 4.